The van der Waals surface area contributed by atoms with Gasteiger partial charge in [0.05, 0.1) is 29.7 Å². The van der Waals surface area contributed by atoms with Gasteiger partial charge in [0.15, 0.2) is 17.3 Å². The van der Waals surface area contributed by atoms with Crippen molar-refractivity contribution in [1.82, 2.24) is 5.32 Å². The van der Waals surface area contributed by atoms with E-state index in [1.807, 2.05) is 12.1 Å². The number of ketones is 1. The summed E-state index contributed by atoms with van der Waals surface area (Å²) in [6.45, 7) is 0. The van der Waals surface area contributed by atoms with Gasteiger partial charge in [-0.05, 0) is 46.9 Å². The van der Waals surface area contributed by atoms with E-state index < -0.39 is 5.92 Å². The topological polar surface area (TPSA) is 82.3 Å². The lowest BCUT2D eigenvalue weighted by Crippen LogP contribution is -2.31. The van der Waals surface area contributed by atoms with Crippen molar-refractivity contribution in [1.29, 1.82) is 5.26 Å². The van der Waals surface area contributed by atoms with Gasteiger partial charge in [0.25, 0.3) is 0 Å². The molecule has 0 unspecified atom stereocenters. The third-order valence-corrected chi connectivity index (χ3v) is 7.52. The first-order chi connectivity index (χ1) is 16.6. The number of allylic oxidation sites excluding steroid dienone is 3. The molecule has 0 aromatic heterocycles. The second-order valence-corrected chi connectivity index (χ2v) is 9.43. The molecule has 0 spiro atoms. The van der Waals surface area contributed by atoms with Crippen LogP contribution in [0.15, 0.2) is 82.5 Å². The van der Waals surface area contributed by atoms with Crippen LogP contribution in [0.5, 0.6) is 11.5 Å². The molecule has 170 valence electrons. The van der Waals surface area contributed by atoms with Crippen LogP contribution in [0.3, 0.4) is 0 Å². The zero-order valence-corrected chi connectivity index (χ0v) is 19.6. The highest BCUT2D eigenvalue weighted by molar-refractivity contribution is 8.02. The maximum absolute atomic E-state index is 13.0. The number of nitrogens with one attached hydrogen (secondary N) is 1. The van der Waals surface area contributed by atoms with Crippen molar-refractivity contribution < 1.29 is 14.6 Å². The third-order valence-electron chi connectivity index (χ3n) is 6.45. The number of ether oxygens (including phenoxy) is 1. The number of carbonyl (C=O) groups is 1. The normalized spacial score (nSPS) is 17.9. The van der Waals surface area contributed by atoms with Crippen LogP contribution in [0, 0.1) is 11.3 Å². The van der Waals surface area contributed by atoms with Crippen molar-refractivity contribution in [3.8, 4) is 17.6 Å². The highest BCUT2D eigenvalue weighted by Crippen LogP contribution is 2.46. The van der Waals surface area contributed by atoms with Crippen LogP contribution in [-0.4, -0.2) is 18.0 Å². The van der Waals surface area contributed by atoms with Crippen molar-refractivity contribution in [2.45, 2.75) is 30.9 Å². The van der Waals surface area contributed by atoms with E-state index in [-0.39, 0.29) is 11.5 Å². The fourth-order valence-electron chi connectivity index (χ4n) is 4.81. The van der Waals surface area contributed by atoms with E-state index in [0.29, 0.717) is 29.1 Å². The fourth-order valence-corrected chi connectivity index (χ4v) is 5.88. The number of Topliss-reactive ketones (excluding diaryl/α,β-unsaturated/α-hetero) is 1. The third kappa shape index (κ3) is 3.93. The Kier molecular flexibility index (Phi) is 6.04. The van der Waals surface area contributed by atoms with Gasteiger partial charge in [-0.1, -0.05) is 48.5 Å². The molecule has 2 N–H and O–H groups in total. The number of nitriles is 1. The summed E-state index contributed by atoms with van der Waals surface area (Å²) in [4.78, 5) is 13.0. The van der Waals surface area contributed by atoms with E-state index in [2.05, 4.69) is 41.7 Å². The molecule has 0 saturated heterocycles. The Balaban J connectivity index is 1.57. The molecule has 1 atom stereocenters. The predicted molar refractivity (Wildman–Crippen MR) is 134 cm³/mol. The Morgan fingerprint density at radius 3 is 2.79 bits per heavy atom. The van der Waals surface area contributed by atoms with Crippen molar-refractivity contribution in [2.75, 3.05) is 7.11 Å². The SMILES string of the molecule is COc1cc([C@@H]2C(C#N)=C(SCc3cccc4ccccc34)NC3=C2C(=O)CCC3)ccc1O. The number of benzene rings is 3. The van der Waals surface area contributed by atoms with Gasteiger partial charge >= 0.3 is 0 Å². The van der Waals surface area contributed by atoms with Crippen LogP contribution in [0.2, 0.25) is 0 Å². The van der Waals surface area contributed by atoms with E-state index >= 15 is 0 Å². The summed E-state index contributed by atoms with van der Waals surface area (Å²) in [5.74, 6) is 0.619. The molecule has 1 heterocycles. The molecule has 5 nitrogen and oxygen atoms in total. The summed E-state index contributed by atoms with van der Waals surface area (Å²) < 4.78 is 5.31. The zero-order valence-electron chi connectivity index (χ0n) is 18.8. The van der Waals surface area contributed by atoms with E-state index in [1.54, 1.807) is 30.0 Å². The lowest BCUT2D eigenvalue weighted by Gasteiger charge is -2.33. The minimum absolute atomic E-state index is 0.0254. The number of carbonyl (C=O) groups excluding carboxylic acids is 1. The summed E-state index contributed by atoms with van der Waals surface area (Å²) >= 11 is 1.59. The first-order valence-electron chi connectivity index (χ1n) is 11.2. The van der Waals surface area contributed by atoms with Crippen LogP contribution in [0.25, 0.3) is 10.8 Å². The molecule has 3 aromatic rings. The average molecular weight is 469 g/mol. The highest BCUT2D eigenvalue weighted by Gasteiger charge is 2.37. The van der Waals surface area contributed by atoms with E-state index in [4.69, 9.17) is 4.74 Å². The van der Waals surface area contributed by atoms with Crippen LogP contribution in [0.1, 0.15) is 36.3 Å². The first-order valence-corrected chi connectivity index (χ1v) is 12.2. The number of hydrogen-bond acceptors (Lipinski definition) is 6. The second kappa shape index (κ2) is 9.28. The Morgan fingerprint density at radius 1 is 1.15 bits per heavy atom. The Hall–Kier alpha value is -3.69. The lowest BCUT2D eigenvalue weighted by molar-refractivity contribution is -0.116. The summed E-state index contributed by atoms with van der Waals surface area (Å²) in [5, 5.41) is 26.9. The molecule has 5 rings (SSSR count). The molecule has 1 aliphatic heterocycles. The number of hydrogen-bond donors (Lipinski definition) is 2. The number of dihydropyridines is 1. The van der Waals surface area contributed by atoms with Gasteiger partial charge in [0.1, 0.15) is 0 Å². The summed E-state index contributed by atoms with van der Waals surface area (Å²) in [7, 11) is 1.49. The van der Waals surface area contributed by atoms with Gasteiger partial charge in [-0.25, -0.2) is 0 Å². The summed E-state index contributed by atoms with van der Waals surface area (Å²) in [5.41, 5.74) is 4.03. The van der Waals surface area contributed by atoms with E-state index in [1.165, 1.54) is 23.4 Å². The number of aromatic hydroxyl groups is 1. The fraction of sp³-hybridized carbons (Fsp3) is 0.214. The molecule has 1 aliphatic carbocycles. The Morgan fingerprint density at radius 2 is 1.97 bits per heavy atom. The molecule has 0 radical (unpaired) electrons. The number of phenols is 1. The molecule has 0 saturated carbocycles. The van der Waals surface area contributed by atoms with E-state index in [9.17, 15) is 15.2 Å². The van der Waals surface area contributed by atoms with Crippen LogP contribution >= 0.6 is 11.8 Å². The zero-order chi connectivity index (χ0) is 23.7. The number of nitrogens with zero attached hydrogens (tertiary/aromatic N) is 1. The van der Waals surface area contributed by atoms with Gasteiger partial charge in [-0.15, -0.1) is 11.8 Å². The van der Waals surface area contributed by atoms with Gasteiger partial charge in [-0.3, -0.25) is 4.79 Å². The number of fused-ring (bicyclic) bond motifs is 1. The molecular weight excluding hydrogens is 444 g/mol. The number of methoxy groups -OCH3 is 1. The number of rotatable bonds is 5. The molecular formula is C28H24N2O3S. The van der Waals surface area contributed by atoms with Crippen LogP contribution < -0.4 is 10.1 Å². The largest absolute Gasteiger partial charge is 0.504 e. The summed E-state index contributed by atoms with van der Waals surface area (Å²) in [6.07, 6.45) is 2.03. The molecule has 0 amide bonds. The minimum Gasteiger partial charge on any atom is -0.504 e. The molecule has 0 bridgehead atoms. The second-order valence-electron chi connectivity index (χ2n) is 8.44. The lowest BCUT2D eigenvalue weighted by atomic mass is 9.77. The van der Waals surface area contributed by atoms with Crippen molar-refractivity contribution >= 4 is 28.3 Å². The molecule has 34 heavy (non-hydrogen) atoms. The van der Waals surface area contributed by atoms with Crippen molar-refractivity contribution in [3.63, 3.8) is 0 Å². The number of thioether (sulfide) groups is 1. The standard InChI is InChI=1S/C28H24N2O3S/c1-33-25-14-18(12-13-23(25)31)26-21(15-29)28(30-22-10-5-11-24(32)27(22)26)34-16-19-8-4-7-17-6-2-3-9-20(17)19/h2-4,6-9,12-14,26,30-31H,5,10-11,16H2,1H3/t26-/m1/s1. The quantitative estimate of drug-likeness (QED) is 0.484. The van der Waals surface area contributed by atoms with Crippen molar-refractivity contribution in [2.24, 2.45) is 0 Å². The monoisotopic (exact) mass is 468 g/mol. The smallest absolute Gasteiger partial charge is 0.161 e. The van der Waals surface area contributed by atoms with Gasteiger partial charge < -0.3 is 15.2 Å². The highest BCUT2D eigenvalue weighted by atomic mass is 32.2. The van der Waals surface area contributed by atoms with Crippen LogP contribution in [0.4, 0.5) is 0 Å². The first kappa shape index (κ1) is 22.1. The Bertz CT molecular complexity index is 1400. The average Bonchev–Trinajstić information content (AvgIpc) is 2.87. The van der Waals surface area contributed by atoms with Gasteiger partial charge in [0.2, 0.25) is 0 Å². The van der Waals surface area contributed by atoms with Crippen LogP contribution in [-0.2, 0) is 10.5 Å². The maximum atomic E-state index is 13.0. The number of phenolic OH excluding ortho intramolecular Hbond substituents is 1. The predicted octanol–water partition coefficient (Wildman–Crippen LogP) is 5.92. The molecule has 0 fully saturated rings. The summed E-state index contributed by atoms with van der Waals surface area (Å²) in [6, 6.07) is 22.0. The van der Waals surface area contributed by atoms with Crippen molar-refractivity contribution in [3.05, 3.63) is 93.7 Å². The van der Waals surface area contributed by atoms with Gasteiger partial charge in [0, 0.05) is 23.4 Å². The maximum Gasteiger partial charge on any atom is 0.161 e. The molecule has 6 heteroatoms. The Labute approximate surface area is 202 Å². The minimum atomic E-state index is -0.487. The van der Waals surface area contributed by atoms with Gasteiger partial charge in [-0.2, -0.15) is 5.26 Å². The van der Waals surface area contributed by atoms with E-state index in [0.717, 1.165) is 29.1 Å². The molecule has 2 aliphatic rings. The molecule has 3 aromatic carbocycles.